The number of anilines is 1. The fourth-order valence-electron chi connectivity index (χ4n) is 2.79. The number of carboxylic acid groups (broad SMARTS) is 1. The molecule has 0 aromatic heterocycles. The summed E-state index contributed by atoms with van der Waals surface area (Å²) >= 11 is 6.36. The largest absolute Gasteiger partial charge is 0.494 e. The van der Waals surface area contributed by atoms with Gasteiger partial charge >= 0.3 is 5.97 Å². The van der Waals surface area contributed by atoms with Crippen molar-refractivity contribution in [2.24, 2.45) is 5.73 Å². The lowest BCUT2D eigenvalue weighted by Gasteiger charge is -2.24. The van der Waals surface area contributed by atoms with Crippen LogP contribution in [-0.2, 0) is 11.2 Å². The molecule has 1 saturated heterocycles. The Labute approximate surface area is 129 Å². The summed E-state index contributed by atoms with van der Waals surface area (Å²) in [7, 11) is 1.62. The third kappa shape index (κ3) is 3.24. The van der Waals surface area contributed by atoms with Gasteiger partial charge in [-0.15, -0.1) is 0 Å². The highest BCUT2D eigenvalue weighted by Gasteiger charge is 2.23. The lowest BCUT2D eigenvalue weighted by Crippen LogP contribution is -2.32. The van der Waals surface area contributed by atoms with Gasteiger partial charge in [-0.05, 0) is 37.0 Å². The third-order valence-electron chi connectivity index (χ3n) is 3.97. The molecular formula is C15H21ClN2O3. The maximum Gasteiger partial charge on any atom is 0.320 e. The lowest BCUT2D eigenvalue weighted by atomic mass is 9.99. The van der Waals surface area contributed by atoms with E-state index in [4.69, 9.17) is 27.2 Å². The van der Waals surface area contributed by atoms with Gasteiger partial charge in [-0.1, -0.05) is 11.6 Å². The fraction of sp³-hybridized carbons (Fsp3) is 0.533. The summed E-state index contributed by atoms with van der Waals surface area (Å²) in [5.74, 6) is -0.276. The molecule has 1 aliphatic rings. The van der Waals surface area contributed by atoms with Gasteiger partial charge in [0.1, 0.15) is 11.8 Å². The predicted molar refractivity (Wildman–Crippen MR) is 83.5 cm³/mol. The number of halogens is 1. The van der Waals surface area contributed by atoms with Crippen LogP contribution in [0, 0.1) is 6.92 Å². The first-order valence-electron chi connectivity index (χ1n) is 7.05. The smallest absolute Gasteiger partial charge is 0.320 e. The van der Waals surface area contributed by atoms with Crippen LogP contribution in [0.2, 0.25) is 5.02 Å². The van der Waals surface area contributed by atoms with Gasteiger partial charge in [0.2, 0.25) is 0 Å². The Balaban J connectivity index is 2.41. The van der Waals surface area contributed by atoms with Crippen LogP contribution in [-0.4, -0.2) is 37.3 Å². The molecule has 6 heteroatoms. The maximum absolute atomic E-state index is 10.9. The minimum Gasteiger partial charge on any atom is -0.494 e. The zero-order valence-corrected chi connectivity index (χ0v) is 13.1. The molecular weight excluding hydrogens is 292 g/mol. The molecule has 1 atom stereocenters. The maximum atomic E-state index is 10.9. The Kier molecular flexibility index (Phi) is 4.96. The first kappa shape index (κ1) is 15.9. The van der Waals surface area contributed by atoms with Crippen molar-refractivity contribution >= 4 is 23.3 Å². The molecule has 0 radical (unpaired) electrons. The first-order valence-corrected chi connectivity index (χ1v) is 7.42. The molecule has 0 saturated carbocycles. The predicted octanol–water partition coefficient (Wildman–Crippen LogP) is 2.21. The molecule has 0 spiro atoms. The van der Waals surface area contributed by atoms with Crippen LogP contribution in [0.15, 0.2) is 6.07 Å². The van der Waals surface area contributed by atoms with Gasteiger partial charge in [-0.3, -0.25) is 4.79 Å². The van der Waals surface area contributed by atoms with Gasteiger partial charge < -0.3 is 20.5 Å². The Hall–Kier alpha value is -1.46. The second-order valence-electron chi connectivity index (χ2n) is 5.36. The standard InChI is InChI=1S/C15H21ClN2O3/c1-9-10(7-12(17)15(19)20)11(16)8-13(14(9)21-2)18-5-3-4-6-18/h8,12H,3-7,17H2,1-2H3,(H,19,20). The zero-order valence-electron chi connectivity index (χ0n) is 12.4. The molecule has 3 N–H and O–H groups in total. The Bertz CT molecular complexity index is 542. The highest BCUT2D eigenvalue weighted by molar-refractivity contribution is 6.32. The minimum atomic E-state index is -1.03. The molecule has 1 unspecified atom stereocenters. The summed E-state index contributed by atoms with van der Waals surface area (Å²) in [6.07, 6.45) is 2.51. The van der Waals surface area contributed by atoms with Crippen molar-refractivity contribution in [3.05, 3.63) is 22.2 Å². The SMILES string of the molecule is COc1c(N2CCCC2)cc(Cl)c(CC(N)C(=O)O)c1C. The number of rotatable bonds is 5. The van der Waals surface area contributed by atoms with Gasteiger partial charge in [0, 0.05) is 24.5 Å². The van der Waals surface area contributed by atoms with Gasteiger partial charge in [-0.2, -0.15) is 0 Å². The Morgan fingerprint density at radius 1 is 1.52 bits per heavy atom. The van der Waals surface area contributed by atoms with Crippen LogP contribution in [0.25, 0.3) is 0 Å². The molecule has 0 aliphatic carbocycles. The van der Waals surface area contributed by atoms with Gasteiger partial charge in [0.25, 0.3) is 0 Å². The van der Waals surface area contributed by atoms with Crippen molar-refractivity contribution in [1.82, 2.24) is 0 Å². The number of carbonyl (C=O) groups is 1. The number of nitrogens with zero attached hydrogens (tertiary/aromatic N) is 1. The summed E-state index contributed by atoms with van der Waals surface area (Å²) in [6.45, 7) is 3.87. The summed E-state index contributed by atoms with van der Waals surface area (Å²) in [4.78, 5) is 13.2. The number of nitrogens with two attached hydrogens (primary N) is 1. The van der Waals surface area contributed by atoms with E-state index in [9.17, 15) is 4.79 Å². The number of methoxy groups -OCH3 is 1. The van der Waals surface area contributed by atoms with Crippen LogP contribution in [0.5, 0.6) is 5.75 Å². The second-order valence-corrected chi connectivity index (χ2v) is 5.76. The van der Waals surface area contributed by atoms with Crippen LogP contribution in [0.1, 0.15) is 24.0 Å². The fourth-order valence-corrected chi connectivity index (χ4v) is 3.11. The van der Waals surface area contributed by atoms with Crippen molar-refractivity contribution in [2.75, 3.05) is 25.1 Å². The molecule has 0 amide bonds. The number of hydrogen-bond donors (Lipinski definition) is 2. The second kappa shape index (κ2) is 6.54. The van der Waals surface area contributed by atoms with Crippen molar-refractivity contribution in [2.45, 2.75) is 32.2 Å². The van der Waals surface area contributed by atoms with Crippen molar-refractivity contribution in [3.63, 3.8) is 0 Å². The number of benzene rings is 1. The molecule has 1 aromatic rings. The Morgan fingerprint density at radius 2 is 2.14 bits per heavy atom. The monoisotopic (exact) mass is 312 g/mol. The number of aliphatic carboxylic acids is 1. The summed E-state index contributed by atoms with van der Waals surface area (Å²) in [6, 6.07) is 0.895. The average Bonchev–Trinajstić information content (AvgIpc) is 2.96. The van der Waals surface area contributed by atoms with Gasteiger partial charge in [0.15, 0.2) is 0 Å². The molecule has 5 nitrogen and oxygen atoms in total. The molecule has 21 heavy (non-hydrogen) atoms. The quantitative estimate of drug-likeness (QED) is 0.872. The van der Waals surface area contributed by atoms with Crippen molar-refractivity contribution < 1.29 is 14.6 Å². The van der Waals surface area contributed by atoms with Crippen molar-refractivity contribution in [3.8, 4) is 5.75 Å². The van der Waals surface area contributed by atoms with E-state index in [-0.39, 0.29) is 6.42 Å². The number of hydrogen-bond acceptors (Lipinski definition) is 4. The summed E-state index contributed by atoms with van der Waals surface area (Å²) in [5.41, 5.74) is 8.21. The van der Waals surface area contributed by atoms with E-state index in [0.29, 0.717) is 5.02 Å². The highest BCUT2D eigenvalue weighted by atomic mass is 35.5. The number of ether oxygens (including phenoxy) is 1. The molecule has 2 rings (SSSR count). The van der Waals surface area contributed by atoms with E-state index in [0.717, 1.165) is 48.5 Å². The zero-order chi connectivity index (χ0) is 15.6. The number of carboxylic acids is 1. The molecule has 1 heterocycles. The Morgan fingerprint density at radius 3 is 2.67 bits per heavy atom. The lowest BCUT2D eigenvalue weighted by molar-refractivity contribution is -0.138. The van der Waals surface area contributed by atoms with E-state index in [1.807, 2.05) is 13.0 Å². The topological polar surface area (TPSA) is 75.8 Å². The van der Waals surface area contributed by atoms with Crippen LogP contribution < -0.4 is 15.4 Å². The third-order valence-corrected chi connectivity index (χ3v) is 4.31. The molecule has 1 fully saturated rings. The summed E-state index contributed by atoms with van der Waals surface area (Å²) in [5, 5.41) is 9.52. The van der Waals surface area contributed by atoms with Crippen molar-refractivity contribution in [1.29, 1.82) is 0 Å². The van der Waals surface area contributed by atoms with Crippen LogP contribution in [0.3, 0.4) is 0 Å². The molecule has 116 valence electrons. The summed E-state index contributed by atoms with van der Waals surface area (Å²) < 4.78 is 5.54. The van der Waals surface area contributed by atoms with Gasteiger partial charge in [0.05, 0.1) is 12.8 Å². The van der Waals surface area contributed by atoms with E-state index >= 15 is 0 Å². The van der Waals surface area contributed by atoms with Crippen LogP contribution >= 0.6 is 11.6 Å². The molecule has 0 bridgehead atoms. The van der Waals surface area contributed by atoms with E-state index in [1.54, 1.807) is 7.11 Å². The normalized spacial score (nSPS) is 16.1. The minimum absolute atomic E-state index is 0.191. The first-order chi connectivity index (χ1) is 9.95. The van der Waals surface area contributed by atoms with E-state index in [1.165, 1.54) is 0 Å². The van der Waals surface area contributed by atoms with E-state index < -0.39 is 12.0 Å². The molecule has 1 aliphatic heterocycles. The van der Waals surface area contributed by atoms with E-state index in [2.05, 4.69) is 4.90 Å². The van der Waals surface area contributed by atoms with Gasteiger partial charge in [-0.25, -0.2) is 0 Å². The average molecular weight is 313 g/mol. The highest BCUT2D eigenvalue weighted by Crippen LogP contribution is 2.39. The van der Waals surface area contributed by atoms with Crippen LogP contribution in [0.4, 0.5) is 5.69 Å². The molecule has 1 aromatic carbocycles.